The number of nitrogens with one attached hydrogen (secondary N) is 2. The Bertz CT molecular complexity index is 1490. The number of carbonyl (C=O) groups is 1. The van der Waals surface area contributed by atoms with Crippen LogP contribution in [0.1, 0.15) is 33.0 Å². The van der Waals surface area contributed by atoms with E-state index in [-0.39, 0.29) is 35.2 Å². The summed E-state index contributed by atoms with van der Waals surface area (Å²) in [5.41, 5.74) is 12.2. The molecule has 12 heteroatoms. The van der Waals surface area contributed by atoms with E-state index in [0.717, 1.165) is 30.4 Å². The van der Waals surface area contributed by atoms with E-state index in [2.05, 4.69) is 15.3 Å². The van der Waals surface area contributed by atoms with E-state index in [1.807, 2.05) is 12.1 Å². The normalized spacial score (nSPS) is 12.0. The SMILES string of the molecule is Cl.NCc1cccc(Nc2c(N)c(=O)c2=O)c1.O=C(O)c1nc2sc3c(c2c(=O)[nH]1)CCC3. The van der Waals surface area contributed by atoms with Gasteiger partial charge in [0, 0.05) is 17.1 Å². The lowest BCUT2D eigenvalue weighted by molar-refractivity contribution is 0.0683. The number of thiophene rings is 1. The van der Waals surface area contributed by atoms with Crippen LogP contribution in [0.4, 0.5) is 17.1 Å². The number of aromatic amines is 1. The number of nitrogens with zero attached hydrogens (tertiary/aromatic N) is 1. The fraction of sp³-hybridized carbons (Fsp3) is 0.190. The van der Waals surface area contributed by atoms with Crippen LogP contribution in [0.2, 0.25) is 0 Å². The molecule has 0 unspecified atom stereocenters. The van der Waals surface area contributed by atoms with Crippen molar-refractivity contribution in [2.24, 2.45) is 5.73 Å². The van der Waals surface area contributed by atoms with Crippen molar-refractivity contribution in [3.63, 3.8) is 0 Å². The third-order valence-corrected chi connectivity index (χ3v) is 6.34. The molecular formula is C21H20ClN5O5S. The van der Waals surface area contributed by atoms with Gasteiger partial charge in [-0.2, -0.15) is 0 Å². The molecule has 0 saturated carbocycles. The van der Waals surface area contributed by atoms with E-state index < -0.39 is 16.8 Å². The van der Waals surface area contributed by atoms with Crippen LogP contribution >= 0.6 is 23.7 Å². The monoisotopic (exact) mass is 489 g/mol. The molecule has 0 aliphatic heterocycles. The fourth-order valence-electron chi connectivity index (χ4n) is 3.56. The molecule has 4 aromatic rings. The van der Waals surface area contributed by atoms with Crippen LogP contribution in [0.25, 0.3) is 10.2 Å². The molecule has 0 saturated heterocycles. The zero-order valence-electron chi connectivity index (χ0n) is 17.1. The fourth-order valence-corrected chi connectivity index (χ4v) is 4.82. The molecule has 7 N–H and O–H groups in total. The standard InChI is InChI=1S/C11H11N3O2.C10H8N2O3S.ClH/c12-5-6-2-1-3-7(4-6)14-9-8(13)10(15)11(9)16;13-8-6-4-2-1-3-5(4)16-9(6)12-7(11-8)10(14)15;/h1-4,14H,5,12-13H2;1-3H2,(H,14,15)(H,11,12,13);1H. The second-order valence-electron chi connectivity index (χ2n) is 7.23. The summed E-state index contributed by atoms with van der Waals surface area (Å²) in [4.78, 5) is 52.6. The average molecular weight is 490 g/mol. The number of nitrogen functional groups attached to an aromatic ring is 1. The lowest BCUT2D eigenvalue weighted by atomic mass is 10.1. The van der Waals surface area contributed by atoms with Crippen molar-refractivity contribution in [3.8, 4) is 0 Å². The van der Waals surface area contributed by atoms with Gasteiger partial charge in [0.15, 0.2) is 0 Å². The van der Waals surface area contributed by atoms with Crippen LogP contribution in [0, 0.1) is 0 Å². The second kappa shape index (κ2) is 9.53. The quantitative estimate of drug-likeness (QED) is 0.266. The summed E-state index contributed by atoms with van der Waals surface area (Å²) >= 11 is 1.44. The van der Waals surface area contributed by atoms with Gasteiger partial charge in [-0.1, -0.05) is 12.1 Å². The van der Waals surface area contributed by atoms with Crippen molar-refractivity contribution in [3.05, 3.63) is 76.9 Å². The molecule has 0 spiro atoms. The van der Waals surface area contributed by atoms with E-state index in [1.54, 1.807) is 12.1 Å². The number of hydrogen-bond acceptors (Lipinski definition) is 9. The highest BCUT2D eigenvalue weighted by Crippen LogP contribution is 2.34. The van der Waals surface area contributed by atoms with Crippen LogP contribution in [0.5, 0.6) is 0 Å². The first-order chi connectivity index (χ1) is 15.3. The minimum atomic E-state index is -1.20. The topological polar surface area (TPSA) is 181 Å². The number of nitrogens with two attached hydrogens (primary N) is 2. The van der Waals surface area contributed by atoms with Gasteiger partial charge in [-0.05, 0) is 42.5 Å². The van der Waals surface area contributed by atoms with Crippen LogP contribution in [-0.2, 0) is 19.4 Å². The highest BCUT2D eigenvalue weighted by atomic mass is 35.5. The molecule has 33 heavy (non-hydrogen) atoms. The van der Waals surface area contributed by atoms with Gasteiger partial charge in [0.1, 0.15) is 16.2 Å². The number of aryl methyl sites for hydroxylation is 2. The van der Waals surface area contributed by atoms with Crippen molar-refractivity contribution in [1.82, 2.24) is 9.97 Å². The number of aromatic carboxylic acids is 1. The smallest absolute Gasteiger partial charge is 0.372 e. The number of carboxylic acids is 1. The molecule has 0 amide bonds. The third-order valence-electron chi connectivity index (χ3n) is 5.16. The first-order valence-electron chi connectivity index (χ1n) is 9.72. The van der Waals surface area contributed by atoms with E-state index in [0.29, 0.717) is 22.4 Å². The van der Waals surface area contributed by atoms with Gasteiger partial charge in [-0.25, -0.2) is 9.78 Å². The van der Waals surface area contributed by atoms with Gasteiger partial charge in [0.25, 0.3) is 16.4 Å². The Balaban J connectivity index is 0.000000180. The zero-order chi connectivity index (χ0) is 23.0. The van der Waals surface area contributed by atoms with Gasteiger partial charge in [0.05, 0.1) is 5.39 Å². The largest absolute Gasteiger partial charge is 0.475 e. The summed E-state index contributed by atoms with van der Waals surface area (Å²) in [7, 11) is 0. The van der Waals surface area contributed by atoms with Gasteiger partial charge < -0.3 is 26.9 Å². The zero-order valence-corrected chi connectivity index (χ0v) is 18.8. The van der Waals surface area contributed by atoms with E-state index in [1.165, 1.54) is 16.2 Å². The summed E-state index contributed by atoms with van der Waals surface area (Å²) < 4.78 is 0. The van der Waals surface area contributed by atoms with E-state index >= 15 is 0 Å². The first kappa shape index (κ1) is 24.1. The highest BCUT2D eigenvalue weighted by Gasteiger charge is 2.22. The molecule has 1 aliphatic rings. The van der Waals surface area contributed by atoms with Crippen molar-refractivity contribution in [1.29, 1.82) is 0 Å². The number of benzene rings is 1. The molecule has 2 heterocycles. The molecule has 0 radical (unpaired) electrons. The van der Waals surface area contributed by atoms with Gasteiger partial charge in [-0.3, -0.25) is 14.4 Å². The maximum absolute atomic E-state index is 11.8. The number of carboxylic acid groups (broad SMARTS) is 1. The summed E-state index contributed by atoms with van der Waals surface area (Å²) in [5.74, 6) is -1.48. The van der Waals surface area contributed by atoms with Crippen molar-refractivity contribution >= 4 is 57.0 Å². The average Bonchev–Trinajstić information content (AvgIpc) is 3.38. The Morgan fingerprint density at radius 3 is 2.64 bits per heavy atom. The Morgan fingerprint density at radius 1 is 1.21 bits per heavy atom. The molecule has 0 bridgehead atoms. The van der Waals surface area contributed by atoms with Crippen molar-refractivity contribution in [2.45, 2.75) is 25.8 Å². The number of aromatic nitrogens is 2. The molecule has 2 aromatic heterocycles. The van der Waals surface area contributed by atoms with Crippen LogP contribution < -0.4 is 33.2 Å². The van der Waals surface area contributed by atoms with E-state index in [9.17, 15) is 19.2 Å². The predicted molar refractivity (Wildman–Crippen MR) is 130 cm³/mol. The lowest BCUT2D eigenvalue weighted by Crippen LogP contribution is -2.36. The third kappa shape index (κ3) is 4.51. The van der Waals surface area contributed by atoms with E-state index in [4.69, 9.17) is 16.6 Å². The predicted octanol–water partition coefficient (Wildman–Crippen LogP) is 1.66. The Hall–Kier alpha value is -3.54. The Morgan fingerprint density at radius 2 is 1.97 bits per heavy atom. The summed E-state index contributed by atoms with van der Waals surface area (Å²) in [6.07, 6.45) is 2.93. The molecule has 2 aromatic carbocycles. The van der Waals surface area contributed by atoms with Gasteiger partial charge >= 0.3 is 5.97 Å². The van der Waals surface area contributed by atoms with Crippen molar-refractivity contribution < 1.29 is 9.90 Å². The van der Waals surface area contributed by atoms with Crippen LogP contribution in [0.3, 0.4) is 0 Å². The number of fused-ring (bicyclic) bond motifs is 3. The molecule has 0 fully saturated rings. The number of hydrogen-bond donors (Lipinski definition) is 5. The molecule has 0 atom stereocenters. The maximum atomic E-state index is 11.8. The number of rotatable bonds is 4. The lowest BCUT2D eigenvalue weighted by Gasteiger charge is -2.10. The molecule has 10 nitrogen and oxygen atoms in total. The number of H-pyrrole nitrogens is 1. The Labute approximate surface area is 196 Å². The van der Waals surface area contributed by atoms with Gasteiger partial charge in [0.2, 0.25) is 5.82 Å². The maximum Gasteiger partial charge on any atom is 0.372 e. The molecule has 5 rings (SSSR count). The number of halogens is 1. The molecule has 1 aliphatic carbocycles. The minimum absolute atomic E-state index is 0. The summed E-state index contributed by atoms with van der Waals surface area (Å²) in [6.45, 7) is 0.414. The summed E-state index contributed by atoms with van der Waals surface area (Å²) in [6, 6.07) is 7.26. The van der Waals surface area contributed by atoms with Crippen LogP contribution in [-0.4, -0.2) is 21.0 Å². The van der Waals surface area contributed by atoms with Crippen LogP contribution in [0.15, 0.2) is 38.6 Å². The first-order valence-corrected chi connectivity index (χ1v) is 10.5. The van der Waals surface area contributed by atoms with Gasteiger partial charge in [-0.15, -0.1) is 23.7 Å². The minimum Gasteiger partial charge on any atom is -0.475 e. The summed E-state index contributed by atoms with van der Waals surface area (Å²) in [5, 5.41) is 12.2. The Kier molecular flexibility index (Phi) is 6.96. The highest BCUT2D eigenvalue weighted by molar-refractivity contribution is 7.18. The number of anilines is 3. The molecular weight excluding hydrogens is 470 g/mol. The molecule has 172 valence electrons. The van der Waals surface area contributed by atoms with Crippen molar-refractivity contribution in [2.75, 3.05) is 11.1 Å². The second-order valence-corrected chi connectivity index (χ2v) is 8.32.